The van der Waals surface area contributed by atoms with Gasteiger partial charge >= 0.3 is 0 Å². The normalized spacial score (nSPS) is 10.7. The van der Waals surface area contributed by atoms with Gasteiger partial charge in [0.15, 0.2) is 0 Å². The fourth-order valence-corrected chi connectivity index (χ4v) is 2.84. The molecule has 0 saturated carbocycles. The van der Waals surface area contributed by atoms with Crippen molar-refractivity contribution >= 4 is 0 Å². The second-order valence-corrected chi connectivity index (χ2v) is 5.92. The van der Waals surface area contributed by atoms with E-state index in [1.165, 1.54) is 11.1 Å². The van der Waals surface area contributed by atoms with Crippen molar-refractivity contribution in [2.75, 3.05) is 0 Å². The van der Waals surface area contributed by atoms with Gasteiger partial charge in [-0.3, -0.25) is 0 Å². The van der Waals surface area contributed by atoms with Crippen molar-refractivity contribution in [3.63, 3.8) is 0 Å². The molecule has 4 aromatic rings. The van der Waals surface area contributed by atoms with Crippen molar-refractivity contribution in [3.05, 3.63) is 108 Å². The Morgan fingerprint density at radius 1 is 0.760 bits per heavy atom. The van der Waals surface area contributed by atoms with E-state index in [1.807, 2.05) is 47.4 Å². The van der Waals surface area contributed by atoms with Crippen LogP contribution in [0.25, 0.3) is 5.69 Å². The van der Waals surface area contributed by atoms with Gasteiger partial charge in [0.05, 0.1) is 5.69 Å². The summed E-state index contributed by atoms with van der Waals surface area (Å²) >= 11 is 0. The monoisotopic (exact) mass is 326 g/mol. The molecule has 0 atom stereocenters. The first-order chi connectivity index (χ1) is 12.4. The Labute approximate surface area is 146 Å². The van der Waals surface area contributed by atoms with E-state index in [9.17, 15) is 0 Å². The van der Waals surface area contributed by atoms with Crippen molar-refractivity contribution in [1.29, 1.82) is 0 Å². The topological polar surface area (TPSA) is 43.6 Å². The highest BCUT2D eigenvalue weighted by molar-refractivity contribution is 5.36. The van der Waals surface area contributed by atoms with E-state index in [4.69, 9.17) is 4.98 Å². The Balaban J connectivity index is 1.53. The maximum atomic E-state index is 4.72. The summed E-state index contributed by atoms with van der Waals surface area (Å²) in [4.78, 5) is 9.13. The number of hydrogen-bond acceptors (Lipinski definition) is 3. The van der Waals surface area contributed by atoms with Crippen molar-refractivity contribution in [2.45, 2.75) is 12.8 Å². The van der Waals surface area contributed by atoms with E-state index in [0.717, 1.165) is 30.0 Å². The minimum absolute atomic E-state index is 0.752. The fourth-order valence-electron chi connectivity index (χ4n) is 2.84. The molecule has 4 rings (SSSR count). The van der Waals surface area contributed by atoms with Crippen LogP contribution in [-0.2, 0) is 12.8 Å². The van der Waals surface area contributed by atoms with Gasteiger partial charge in [-0.1, -0.05) is 42.5 Å². The molecule has 0 aliphatic carbocycles. The van der Waals surface area contributed by atoms with Crippen LogP contribution in [-0.4, -0.2) is 19.7 Å². The third kappa shape index (κ3) is 3.80. The second-order valence-electron chi connectivity index (χ2n) is 5.92. The molecule has 0 unspecified atom stereocenters. The van der Waals surface area contributed by atoms with Gasteiger partial charge in [-0.05, 0) is 35.4 Å². The van der Waals surface area contributed by atoms with Crippen molar-refractivity contribution in [2.24, 2.45) is 0 Å². The summed E-state index contributed by atoms with van der Waals surface area (Å²) in [5.41, 5.74) is 4.51. The van der Waals surface area contributed by atoms with Gasteiger partial charge in [-0.15, -0.1) is 0 Å². The number of aromatic nitrogens is 4. The molecule has 0 radical (unpaired) electrons. The van der Waals surface area contributed by atoms with Gasteiger partial charge < -0.3 is 0 Å². The van der Waals surface area contributed by atoms with Crippen LogP contribution in [0, 0.1) is 0 Å². The molecule has 2 heterocycles. The third-order valence-corrected chi connectivity index (χ3v) is 4.03. The summed E-state index contributed by atoms with van der Waals surface area (Å²) in [6.07, 6.45) is 7.11. The van der Waals surface area contributed by atoms with E-state index >= 15 is 0 Å². The molecule has 0 N–H and O–H groups in total. The third-order valence-electron chi connectivity index (χ3n) is 4.03. The molecule has 0 bridgehead atoms. The zero-order valence-corrected chi connectivity index (χ0v) is 13.8. The Hall–Kier alpha value is -3.27. The van der Waals surface area contributed by atoms with E-state index in [1.54, 1.807) is 6.20 Å². The zero-order valence-electron chi connectivity index (χ0n) is 13.8. The highest BCUT2D eigenvalue weighted by Gasteiger charge is 2.04. The molecule has 0 amide bonds. The standard InChI is InChI=1S/C21H18N4/c1-2-6-17(7-3-1)16-21-22-12-10-19(24-21)14-18-8-4-9-20(15-18)25-13-5-11-23-25/h1-13,15H,14,16H2. The van der Waals surface area contributed by atoms with Crippen molar-refractivity contribution < 1.29 is 0 Å². The number of rotatable bonds is 5. The molecule has 0 fully saturated rings. The largest absolute Gasteiger partial charge is 0.241 e. The molecule has 2 aromatic carbocycles. The number of hydrogen-bond donors (Lipinski definition) is 0. The molecule has 0 spiro atoms. The quantitative estimate of drug-likeness (QED) is 0.559. The summed E-state index contributed by atoms with van der Waals surface area (Å²) < 4.78 is 1.87. The lowest BCUT2D eigenvalue weighted by atomic mass is 10.1. The Kier molecular flexibility index (Phi) is 4.33. The smallest absolute Gasteiger partial charge is 0.132 e. The van der Waals surface area contributed by atoms with Crippen LogP contribution >= 0.6 is 0 Å². The van der Waals surface area contributed by atoms with E-state index < -0.39 is 0 Å². The Morgan fingerprint density at radius 2 is 1.64 bits per heavy atom. The van der Waals surface area contributed by atoms with Crippen LogP contribution in [0.4, 0.5) is 0 Å². The summed E-state index contributed by atoms with van der Waals surface area (Å²) in [6.45, 7) is 0. The average molecular weight is 326 g/mol. The molecule has 2 aromatic heterocycles. The van der Waals surface area contributed by atoms with Gasteiger partial charge in [-0.2, -0.15) is 5.10 Å². The van der Waals surface area contributed by atoms with Gasteiger partial charge in [-0.25, -0.2) is 14.6 Å². The first-order valence-electron chi connectivity index (χ1n) is 8.30. The van der Waals surface area contributed by atoms with Crippen LogP contribution in [0.3, 0.4) is 0 Å². The molecule has 0 aliphatic heterocycles. The lowest BCUT2D eigenvalue weighted by molar-refractivity contribution is 0.875. The zero-order chi connectivity index (χ0) is 16.9. The maximum Gasteiger partial charge on any atom is 0.132 e. The van der Waals surface area contributed by atoms with Crippen LogP contribution in [0.5, 0.6) is 0 Å². The first kappa shape index (κ1) is 15.3. The second kappa shape index (κ2) is 7.09. The summed E-state index contributed by atoms with van der Waals surface area (Å²) in [6, 6.07) is 22.6. The summed E-state index contributed by atoms with van der Waals surface area (Å²) in [5, 5.41) is 4.29. The van der Waals surface area contributed by atoms with E-state index in [2.05, 4.69) is 46.5 Å². The maximum absolute atomic E-state index is 4.72. The van der Waals surface area contributed by atoms with Gasteiger partial charge in [0.2, 0.25) is 0 Å². The fraction of sp³-hybridized carbons (Fsp3) is 0.0952. The Bertz CT molecular complexity index is 947. The average Bonchev–Trinajstić information content (AvgIpc) is 3.18. The van der Waals surface area contributed by atoms with Gasteiger partial charge in [0.25, 0.3) is 0 Å². The molecular formula is C21H18N4. The molecular weight excluding hydrogens is 308 g/mol. The molecule has 25 heavy (non-hydrogen) atoms. The van der Waals surface area contributed by atoms with Crippen LogP contribution in [0.15, 0.2) is 85.3 Å². The SMILES string of the molecule is c1ccc(Cc2nccc(Cc3cccc(-n4cccn4)c3)n2)cc1. The lowest BCUT2D eigenvalue weighted by Gasteiger charge is -2.07. The van der Waals surface area contributed by atoms with Crippen LogP contribution in [0.2, 0.25) is 0 Å². The first-order valence-corrected chi connectivity index (χ1v) is 8.30. The number of nitrogens with zero attached hydrogens (tertiary/aromatic N) is 4. The summed E-state index contributed by atoms with van der Waals surface area (Å²) in [5.74, 6) is 0.854. The van der Waals surface area contributed by atoms with E-state index in [-0.39, 0.29) is 0 Å². The van der Waals surface area contributed by atoms with Crippen molar-refractivity contribution in [3.8, 4) is 5.69 Å². The molecule has 122 valence electrons. The highest BCUT2D eigenvalue weighted by Crippen LogP contribution is 2.13. The minimum Gasteiger partial charge on any atom is -0.241 e. The summed E-state index contributed by atoms with van der Waals surface area (Å²) in [7, 11) is 0. The highest BCUT2D eigenvalue weighted by atomic mass is 15.3. The lowest BCUT2D eigenvalue weighted by Crippen LogP contribution is -2.01. The van der Waals surface area contributed by atoms with Gasteiger partial charge in [0.1, 0.15) is 5.82 Å². The number of benzene rings is 2. The predicted molar refractivity (Wildman–Crippen MR) is 97.7 cm³/mol. The minimum atomic E-state index is 0.752. The van der Waals surface area contributed by atoms with Crippen molar-refractivity contribution in [1.82, 2.24) is 19.7 Å². The van der Waals surface area contributed by atoms with Crippen LogP contribution < -0.4 is 0 Å². The molecule has 4 heteroatoms. The molecule has 0 aliphatic rings. The predicted octanol–water partition coefficient (Wildman–Crippen LogP) is 3.84. The Morgan fingerprint density at radius 3 is 2.48 bits per heavy atom. The van der Waals surface area contributed by atoms with Gasteiger partial charge in [0, 0.05) is 37.1 Å². The van der Waals surface area contributed by atoms with E-state index in [0.29, 0.717) is 0 Å². The molecule has 0 saturated heterocycles. The molecule has 4 nitrogen and oxygen atoms in total. The van der Waals surface area contributed by atoms with Crippen LogP contribution in [0.1, 0.15) is 22.6 Å².